The molecule has 33 heavy (non-hydrogen) atoms. The van der Waals surface area contributed by atoms with Gasteiger partial charge >= 0.3 is 12.1 Å². The van der Waals surface area contributed by atoms with Gasteiger partial charge in [-0.3, -0.25) is 4.79 Å². The molecule has 3 atom stereocenters. The SMILES string of the molecule is CC(C)(C)OC(=O)NC1C(=O)N2C(C(=O)OC(c3ccccc3)c3ccccc3)C=CSC12. The molecule has 0 bridgehead atoms. The normalized spacial score (nSPS) is 21.8. The minimum atomic E-state index is -0.865. The van der Waals surface area contributed by atoms with E-state index in [1.807, 2.05) is 60.7 Å². The number of amides is 2. The fraction of sp³-hybridized carbons (Fsp3) is 0.320. The molecule has 2 aromatic rings. The Morgan fingerprint density at radius 2 is 1.58 bits per heavy atom. The fourth-order valence-electron chi connectivity index (χ4n) is 3.75. The molecule has 8 heteroatoms. The topological polar surface area (TPSA) is 84.9 Å². The minimum Gasteiger partial charge on any atom is -0.451 e. The third-order valence-electron chi connectivity index (χ3n) is 5.21. The number of fused-ring (bicyclic) bond motifs is 1. The van der Waals surface area contributed by atoms with Gasteiger partial charge in [0.15, 0.2) is 6.10 Å². The van der Waals surface area contributed by atoms with Crippen molar-refractivity contribution in [3.8, 4) is 0 Å². The number of rotatable bonds is 5. The largest absolute Gasteiger partial charge is 0.451 e. The smallest absolute Gasteiger partial charge is 0.408 e. The number of hydrogen-bond acceptors (Lipinski definition) is 6. The molecule has 2 amide bonds. The van der Waals surface area contributed by atoms with E-state index in [9.17, 15) is 14.4 Å². The van der Waals surface area contributed by atoms with Gasteiger partial charge in [0, 0.05) is 0 Å². The first-order chi connectivity index (χ1) is 15.7. The van der Waals surface area contributed by atoms with Crippen molar-refractivity contribution >= 4 is 29.7 Å². The Labute approximate surface area is 197 Å². The standard InChI is InChI=1S/C25H26N2O5S/c1-25(2,3)32-24(30)26-19-21(28)27-18(14-15-33-22(19)27)23(29)31-20(16-10-6-4-7-11-16)17-12-8-5-9-13-17/h4-15,18-20,22H,1-3H3,(H,26,30). The van der Waals surface area contributed by atoms with E-state index < -0.39 is 41.2 Å². The fourth-order valence-corrected chi connectivity index (χ4v) is 4.86. The molecule has 1 fully saturated rings. The van der Waals surface area contributed by atoms with Gasteiger partial charge in [0.05, 0.1) is 0 Å². The van der Waals surface area contributed by atoms with Gasteiger partial charge in [-0.2, -0.15) is 0 Å². The van der Waals surface area contributed by atoms with Crippen LogP contribution in [-0.4, -0.2) is 45.9 Å². The molecule has 2 aromatic carbocycles. The zero-order valence-corrected chi connectivity index (χ0v) is 19.5. The van der Waals surface area contributed by atoms with Crippen molar-refractivity contribution in [2.45, 2.75) is 49.9 Å². The van der Waals surface area contributed by atoms with E-state index in [2.05, 4.69) is 5.32 Å². The molecule has 2 heterocycles. The summed E-state index contributed by atoms with van der Waals surface area (Å²) in [6.07, 6.45) is 0.384. The lowest BCUT2D eigenvalue weighted by Crippen LogP contribution is -2.73. The number of nitrogens with zero attached hydrogens (tertiary/aromatic N) is 1. The Bertz CT molecular complexity index is 1010. The second-order valence-electron chi connectivity index (χ2n) is 8.81. The number of carbonyl (C=O) groups is 3. The number of hydrogen-bond donors (Lipinski definition) is 1. The van der Waals surface area contributed by atoms with Gasteiger partial charge in [-0.25, -0.2) is 9.59 Å². The summed E-state index contributed by atoms with van der Waals surface area (Å²) in [5.74, 6) is -0.876. The Hall–Kier alpha value is -3.26. The third kappa shape index (κ3) is 5.06. The quantitative estimate of drug-likeness (QED) is 0.529. The summed E-state index contributed by atoms with van der Waals surface area (Å²) in [7, 11) is 0. The highest BCUT2D eigenvalue weighted by Gasteiger charge is 2.54. The summed E-state index contributed by atoms with van der Waals surface area (Å²) < 4.78 is 11.2. The van der Waals surface area contributed by atoms with E-state index >= 15 is 0 Å². The first kappa shape index (κ1) is 22.9. The van der Waals surface area contributed by atoms with E-state index in [0.717, 1.165) is 11.1 Å². The third-order valence-corrected chi connectivity index (χ3v) is 6.30. The van der Waals surface area contributed by atoms with E-state index in [-0.39, 0.29) is 5.91 Å². The van der Waals surface area contributed by atoms with Gasteiger partial charge in [-0.1, -0.05) is 60.7 Å². The van der Waals surface area contributed by atoms with Crippen molar-refractivity contribution in [2.75, 3.05) is 0 Å². The Morgan fingerprint density at radius 1 is 1.00 bits per heavy atom. The highest BCUT2D eigenvalue weighted by Crippen LogP contribution is 2.38. The number of ether oxygens (including phenoxy) is 2. The van der Waals surface area contributed by atoms with Crippen LogP contribution in [0.15, 0.2) is 72.1 Å². The summed E-state index contributed by atoms with van der Waals surface area (Å²) in [5.41, 5.74) is 0.996. The molecular weight excluding hydrogens is 440 g/mol. The van der Waals surface area contributed by atoms with Crippen LogP contribution in [0.25, 0.3) is 0 Å². The Morgan fingerprint density at radius 3 is 2.12 bits per heavy atom. The summed E-state index contributed by atoms with van der Waals surface area (Å²) in [6.45, 7) is 5.25. The van der Waals surface area contributed by atoms with E-state index in [1.165, 1.54) is 16.7 Å². The van der Waals surface area contributed by atoms with Crippen molar-refractivity contribution in [3.63, 3.8) is 0 Å². The number of alkyl carbamates (subject to hydrolysis) is 1. The maximum atomic E-state index is 13.2. The van der Waals surface area contributed by atoms with Crippen molar-refractivity contribution in [2.24, 2.45) is 0 Å². The molecule has 0 aliphatic carbocycles. The molecular formula is C25H26N2O5S. The molecule has 4 rings (SSSR count). The highest BCUT2D eigenvalue weighted by molar-refractivity contribution is 8.02. The highest BCUT2D eigenvalue weighted by atomic mass is 32.2. The molecule has 0 saturated carbocycles. The zero-order chi connectivity index (χ0) is 23.6. The summed E-state index contributed by atoms with van der Waals surface area (Å²) in [5, 5.41) is 3.98. The second kappa shape index (κ2) is 9.31. The minimum absolute atomic E-state index is 0.347. The van der Waals surface area contributed by atoms with Crippen LogP contribution in [0.4, 0.5) is 4.79 Å². The molecule has 3 unspecified atom stereocenters. The number of benzene rings is 2. The van der Waals surface area contributed by atoms with Crippen LogP contribution < -0.4 is 5.32 Å². The molecule has 0 aromatic heterocycles. The van der Waals surface area contributed by atoms with Gasteiger partial charge in [-0.05, 0) is 43.4 Å². The van der Waals surface area contributed by atoms with Crippen LogP contribution in [-0.2, 0) is 19.1 Å². The number of β-lactam (4-membered cyclic amide) rings is 1. The molecule has 1 N–H and O–H groups in total. The van der Waals surface area contributed by atoms with Crippen LogP contribution in [0, 0.1) is 0 Å². The first-order valence-corrected chi connectivity index (χ1v) is 11.6. The summed E-state index contributed by atoms with van der Waals surface area (Å²) in [6, 6.07) is 17.3. The molecule has 1 saturated heterocycles. The summed E-state index contributed by atoms with van der Waals surface area (Å²) in [4.78, 5) is 39.6. The van der Waals surface area contributed by atoms with Gasteiger partial charge in [0.1, 0.15) is 23.1 Å². The lowest BCUT2D eigenvalue weighted by molar-refractivity contribution is -0.164. The average Bonchev–Trinajstić information content (AvgIpc) is 2.80. The molecule has 2 aliphatic rings. The zero-order valence-electron chi connectivity index (χ0n) is 18.6. The van der Waals surface area contributed by atoms with E-state index in [0.29, 0.717) is 0 Å². The molecule has 172 valence electrons. The van der Waals surface area contributed by atoms with Gasteiger partial charge in [-0.15, -0.1) is 11.8 Å². The van der Waals surface area contributed by atoms with Crippen molar-refractivity contribution < 1.29 is 23.9 Å². The number of carbonyl (C=O) groups excluding carboxylic acids is 3. The number of thioether (sulfide) groups is 1. The van der Waals surface area contributed by atoms with Crippen LogP contribution >= 0.6 is 11.8 Å². The summed E-state index contributed by atoms with van der Waals surface area (Å²) >= 11 is 1.36. The van der Waals surface area contributed by atoms with Crippen molar-refractivity contribution in [3.05, 3.63) is 83.3 Å². The lowest BCUT2D eigenvalue weighted by atomic mass is 10.0. The molecule has 7 nitrogen and oxygen atoms in total. The van der Waals surface area contributed by atoms with Crippen LogP contribution in [0.2, 0.25) is 0 Å². The first-order valence-electron chi connectivity index (χ1n) is 10.7. The Balaban J connectivity index is 1.48. The van der Waals surface area contributed by atoms with Crippen molar-refractivity contribution in [1.29, 1.82) is 0 Å². The maximum absolute atomic E-state index is 13.2. The van der Waals surface area contributed by atoms with E-state index in [4.69, 9.17) is 9.47 Å². The maximum Gasteiger partial charge on any atom is 0.408 e. The lowest BCUT2D eigenvalue weighted by Gasteiger charge is -2.50. The van der Waals surface area contributed by atoms with Gasteiger partial charge in [0.25, 0.3) is 0 Å². The van der Waals surface area contributed by atoms with Crippen LogP contribution in [0.5, 0.6) is 0 Å². The Kier molecular flexibility index (Phi) is 6.47. The predicted octanol–water partition coefficient (Wildman–Crippen LogP) is 4.01. The number of esters is 1. The van der Waals surface area contributed by atoms with Crippen LogP contribution in [0.3, 0.4) is 0 Å². The average molecular weight is 467 g/mol. The predicted molar refractivity (Wildman–Crippen MR) is 125 cm³/mol. The molecule has 0 radical (unpaired) electrons. The molecule has 2 aliphatic heterocycles. The number of nitrogens with one attached hydrogen (secondary N) is 1. The molecule has 0 spiro atoms. The van der Waals surface area contributed by atoms with Crippen LogP contribution in [0.1, 0.15) is 38.0 Å². The second-order valence-corrected chi connectivity index (χ2v) is 9.84. The van der Waals surface area contributed by atoms with Gasteiger partial charge in [0.2, 0.25) is 5.91 Å². The monoisotopic (exact) mass is 466 g/mol. The van der Waals surface area contributed by atoms with Crippen molar-refractivity contribution in [1.82, 2.24) is 10.2 Å². The van der Waals surface area contributed by atoms with E-state index in [1.54, 1.807) is 32.3 Å². The van der Waals surface area contributed by atoms with Gasteiger partial charge < -0.3 is 19.7 Å².